The van der Waals surface area contributed by atoms with Crippen molar-refractivity contribution < 1.29 is 13.2 Å². The fraction of sp³-hybridized carbons (Fsp3) is 0.267. The Morgan fingerprint density at radius 3 is 2.48 bits per heavy atom. The van der Waals surface area contributed by atoms with E-state index in [0.29, 0.717) is 28.5 Å². The predicted molar refractivity (Wildman–Crippen MR) is 96.5 cm³/mol. The fourth-order valence-corrected chi connectivity index (χ4v) is 4.62. The molecule has 0 fully saturated rings. The summed E-state index contributed by atoms with van der Waals surface area (Å²) in [4.78, 5) is 15.9. The van der Waals surface area contributed by atoms with Crippen LogP contribution in [0.5, 0.6) is 0 Å². The number of carbonyl (C=O) groups excluding carboxylic acids is 1. The Bertz CT molecular complexity index is 1040. The summed E-state index contributed by atoms with van der Waals surface area (Å²) in [6.45, 7) is 5.00. The molecule has 2 N–H and O–H groups in total. The number of amides is 1. The second-order valence-corrected chi connectivity index (χ2v) is 8.05. The first-order valence-electron chi connectivity index (χ1n) is 7.55. The molecule has 3 aromatic rings. The molecule has 0 aliphatic heterocycles. The van der Waals surface area contributed by atoms with Crippen molar-refractivity contribution >= 4 is 43.6 Å². The van der Waals surface area contributed by atoms with Gasteiger partial charge in [0.15, 0.2) is 0 Å². The normalized spacial score (nSPS) is 11.6. The van der Waals surface area contributed by atoms with E-state index < -0.39 is 10.0 Å². The number of nitrogens with zero attached hydrogens (tertiary/aromatic N) is 3. The van der Waals surface area contributed by atoms with E-state index in [1.165, 1.54) is 22.8 Å². The maximum Gasteiger partial charge on any atom is 0.281 e. The highest BCUT2D eigenvalue weighted by Gasteiger charge is 2.25. The Morgan fingerprint density at radius 1 is 1.24 bits per heavy atom. The highest BCUT2D eigenvalue weighted by atomic mass is 32.2. The molecule has 0 saturated carbocycles. The van der Waals surface area contributed by atoms with E-state index in [0.717, 1.165) is 5.01 Å². The molecule has 0 radical (unpaired) electrons. The van der Waals surface area contributed by atoms with E-state index >= 15 is 0 Å². The molecule has 0 bridgehead atoms. The second kappa shape index (κ2) is 6.45. The van der Waals surface area contributed by atoms with E-state index in [9.17, 15) is 13.2 Å². The van der Waals surface area contributed by atoms with Gasteiger partial charge in [0, 0.05) is 18.3 Å². The number of anilines is 2. The molecule has 2 aromatic heterocycles. The van der Waals surface area contributed by atoms with Crippen LogP contribution >= 0.6 is 11.3 Å². The quantitative estimate of drug-likeness (QED) is 0.708. The summed E-state index contributed by atoms with van der Waals surface area (Å²) in [5.41, 5.74) is 1.36. The molecule has 1 amide bonds. The lowest BCUT2D eigenvalue weighted by Crippen LogP contribution is -2.16. The zero-order valence-electron chi connectivity index (χ0n) is 13.9. The van der Waals surface area contributed by atoms with Crippen molar-refractivity contribution in [1.82, 2.24) is 14.6 Å². The van der Waals surface area contributed by atoms with Crippen LogP contribution < -0.4 is 10.0 Å². The zero-order valence-corrected chi connectivity index (χ0v) is 15.5. The standard InChI is InChI=1S/C15H17N5O3S2/c1-4-13-18-20-14(9(2)16-15(20)24-13)25(22,23)19-12-7-5-11(6-8-12)17-10(3)21/h5-8,19H,4H2,1-3H3,(H,17,21). The van der Waals surface area contributed by atoms with E-state index in [-0.39, 0.29) is 10.9 Å². The monoisotopic (exact) mass is 379 g/mol. The maximum atomic E-state index is 12.8. The van der Waals surface area contributed by atoms with Gasteiger partial charge in [-0.05, 0) is 37.6 Å². The molecule has 0 spiro atoms. The Kier molecular flexibility index (Phi) is 4.48. The van der Waals surface area contributed by atoms with Crippen molar-refractivity contribution in [2.75, 3.05) is 10.0 Å². The number of carbonyl (C=O) groups is 1. The number of fused-ring (bicyclic) bond motifs is 1. The average Bonchev–Trinajstić information content (AvgIpc) is 3.04. The van der Waals surface area contributed by atoms with Crippen molar-refractivity contribution in [3.8, 4) is 0 Å². The number of hydrogen-bond acceptors (Lipinski definition) is 6. The van der Waals surface area contributed by atoms with Gasteiger partial charge in [-0.3, -0.25) is 9.52 Å². The SMILES string of the molecule is CCc1nn2c(S(=O)(=O)Nc3ccc(NC(C)=O)cc3)c(C)nc2s1. The van der Waals surface area contributed by atoms with Crippen LogP contribution in [0.2, 0.25) is 0 Å². The Hall–Kier alpha value is -2.46. The minimum atomic E-state index is -3.85. The molecular weight excluding hydrogens is 362 g/mol. The number of aromatic nitrogens is 3. The van der Waals surface area contributed by atoms with Gasteiger partial charge in [0.05, 0.1) is 5.69 Å². The molecule has 0 aliphatic rings. The van der Waals surface area contributed by atoms with Gasteiger partial charge in [-0.15, -0.1) is 0 Å². The van der Waals surface area contributed by atoms with Gasteiger partial charge >= 0.3 is 0 Å². The van der Waals surface area contributed by atoms with Gasteiger partial charge in [0.2, 0.25) is 15.9 Å². The lowest BCUT2D eigenvalue weighted by molar-refractivity contribution is -0.114. The van der Waals surface area contributed by atoms with Gasteiger partial charge in [0.25, 0.3) is 10.0 Å². The molecule has 25 heavy (non-hydrogen) atoms. The molecule has 0 saturated heterocycles. The predicted octanol–water partition coefficient (Wildman–Crippen LogP) is 2.42. The van der Waals surface area contributed by atoms with Crippen LogP contribution in [0.4, 0.5) is 11.4 Å². The number of nitrogens with one attached hydrogen (secondary N) is 2. The Balaban J connectivity index is 1.93. The topological polar surface area (TPSA) is 105 Å². The maximum absolute atomic E-state index is 12.8. The number of benzene rings is 1. The average molecular weight is 379 g/mol. The highest BCUT2D eigenvalue weighted by Crippen LogP contribution is 2.24. The van der Waals surface area contributed by atoms with Crippen LogP contribution in [0.15, 0.2) is 29.3 Å². The summed E-state index contributed by atoms with van der Waals surface area (Å²) in [7, 11) is -3.85. The number of imidazole rings is 1. The van der Waals surface area contributed by atoms with Crippen LogP contribution in [0.3, 0.4) is 0 Å². The van der Waals surface area contributed by atoms with Crippen molar-refractivity contribution in [2.24, 2.45) is 0 Å². The van der Waals surface area contributed by atoms with E-state index in [4.69, 9.17) is 0 Å². The van der Waals surface area contributed by atoms with Crippen molar-refractivity contribution in [3.63, 3.8) is 0 Å². The number of sulfonamides is 1. The molecule has 0 aliphatic carbocycles. The summed E-state index contributed by atoms with van der Waals surface area (Å²) < 4.78 is 29.5. The van der Waals surface area contributed by atoms with E-state index in [1.54, 1.807) is 31.2 Å². The van der Waals surface area contributed by atoms with E-state index in [2.05, 4.69) is 20.1 Å². The first-order chi connectivity index (χ1) is 11.8. The lowest BCUT2D eigenvalue weighted by atomic mass is 10.3. The minimum absolute atomic E-state index is 0.0318. The van der Waals surface area contributed by atoms with Crippen LogP contribution in [-0.2, 0) is 21.2 Å². The Morgan fingerprint density at radius 2 is 1.88 bits per heavy atom. The van der Waals surface area contributed by atoms with Crippen LogP contribution in [0.25, 0.3) is 4.96 Å². The molecule has 8 nitrogen and oxygen atoms in total. The molecule has 10 heteroatoms. The first-order valence-corrected chi connectivity index (χ1v) is 9.85. The third-order valence-corrected chi connectivity index (χ3v) is 5.92. The van der Waals surface area contributed by atoms with Crippen molar-refractivity contribution in [3.05, 3.63) is 35.0 Å². The molecule has 1 aromatic carbocycles. The number of rotatable bonds is 5. The van der Waals surface area contributed by atoms with Gasteiger partial charge in [-0.2, -0.15) is 18.0 Å². The van der Waals surface area contributed by atoms with Crippen molar-refractivity contribution in [1.29, 1.82) is 0 Å². The number of aryl methyl sites for hydroxylation is 2. The Labute approximate surface area is 149 Å². The van der Waals surface area contributed by atoms with Gasteiger partial charge < -0.3 is 5.32 Å². The third-order valence-electron chi connectivity index (χ3n) is 3.38. The molecule has 0 unspecified atom stereocenters. The van der Waals surface area contributed by atoms with Crippen molar-refractivity contribution in [2.45, 2.75) is 32.2 Å². The molecule has 0 atom stereocenters. The zero-order chi connectivity index (χ0) is 18.2. The van der Waals surface area contributed by atoms with Gasteiger partial charge in [0.1, 0.15) is 5.01 Å². The van der Waals surface area contributed by atoms with Crippen LogP contribution in [0.1, 0.15) is 24.5 Å². The van der Waals surface area contributed by atoms with Gasteiger partial charge in [-0.1, -0.05) is 18.3 Å². The molecule has 132 valence electrons. The summed E-state index contributed by atoms with van der Waals surface area (Å²) >= 11 is 1.37. The van der Waals surface area contributed by atoms with Crippen LogP contribution in [-0.4, -0.2) is 28.9 Å². The van der Waals surface area contributed by atoms with Gasteiger partial charge in [-0.25, -0.2) is 4.98 Å². The molecule has 3 rings (SSSR count). The third kappa shape index (κ3) is 3.49. The van der Waals surface area contributed by atoms with Crippen LogP contribution in [0, 0.1) is 6.92 Å². The lowest BCUT2D eigenvalue weighted by Gasteiger charge is -2.09. The minimum Gasteiger partial charge on any atom is -0.326 e. The summed E-state index contributed by atoms with van der Waals surface area (Å²) in [6, 6.07) is 6.40. The van der Waals surface area contributed by atoms with E-state index in [1.807, 2.05) is 6.92 Å². The second-order valence-electron chi connectivity index (χ2n) is 5.41. The molecular formula is C15H17N5O3S2. The molecule has 2 heterocycles. The fourth-order valence-electron chi connectivity index (χ4n) is 2.35. The largest absolute Gasteiger partial charge is 0.326 e. The number of hydrogen-bond donors (Lipinski definition) is 2. The summed E-state index contributed by atoms with van der Waals surface area (Å²) in [6.07, 6.45) is 0.713. The smallest absolute Gasteiger partial charge is 0.281 e. The first kappa shape index (κ1) is 17.4. The summed E-state index contributed by atoms with van der Waals surface area (Å²) in [5, 5.41) is 7.79. The summed E-state index contributed by atoms with van der Waals surface area (Å²) in [5.74, 6) is -0.194. The highest BCUT2D eigenvalue weighted by molar-refractivity contribution is 7.92.